The second-order valence-corrected chi connectivity index (χ2v) is 4.51. The second-order valence-electron chi connectivity index (χ2n) is 3.97. The lowest BCUT2D eigenvalue weighted by Gasteiger charge is -2.36. The van der Waals surface area contributed by atoms with E-state index in [0.717, 1.165) is 12.8 Å². The van der Waals surface area contributed by atoms with E-state index in [2.05, 4.69) is 18.4 Å². The van der Waals surface area contributed by atoms with E-state index in [9.17, 15) is 4.79 Å². The molecule has 0 radical (unpaired) electrons. The molecule has 0 spiro atoms. The summed E-state index contributed by atoms with van der Waals surface area (Å²) < 4.78 is 0. The van der Waals surface area contributed by atoms with Crippen LogP contribution in [-0.2, 0) is 4.79 Å². The average molecular weight is 217 g/mol. The third-order valence-corrected chi connectivity index (χ3v) is 2.91. The fourth-order valence-corrected chi connectivity index (χ4v) is 2.01. The lowest BCUT2D eigenvalue weighted by Crippen LogP contribution is -2.46. The normalized spacial score (nSPS) is 28.7. The van der Waals surface area contributed by atoms with Crippen LogP contribution < -0.4 is 5.73 Å². The van der Waals surface area contributed by atoms with Crippen molar-refractivity contribution in [2.45, 2.75) is 25.8 Å². The molecule has 2 N–H and O–H groups in total. The van der Waals surface area contributed by atoms with E-state index in [1.54, 1.807) is 0 Å². The SMILES string of the molecule is C=C(Cl)CN1C[C@H](C(N)=O)CC[C@@H]1C. The van der Waals surface area contributed by atoms with Crippen LogP contribution in [0.1, 0.15) is 19.8 Å². The number of carbonyl (C=O) groups is 1. The second kappa shape index (κ2) is 4.80. The van der Waals surface area contributed by atoms with Crippen LogP contribution in [0.5, 0.6) is 0 Å². The van der Waals surface area contributed by atoms with Crippen LogP contribution in [0.25, 0.3) is 0 Å². The minimum absolute atomic E-state index is 0.0257. The zero-order valence-electron chi connectivity index (χ0n) is 8.50. The fraction of sp³-hybridized carbons (Fsp3) is 0.700. The summed E-state index contributed by atoms with van der Waals surface area (Å²) in [5.41, 5.74) is 5.28. The van der Waals surface area contributed by atoms with Crippen LogP contribution in [-0.4, -0.2) is 29.9 Å². The van der Waals surface area contributed by atoms with Gasteiger partial charge in [0.05, 0.1) is 5.92 Å². The highest BCUT2D eigenvalue weighted by Gasteiger charge is 2.28. The molecule has 1 amide bonds. The third-order valence-electron chi connectivity index (χ3n) is 2.79. The Kier molecular flexibility index (Phi) is 3.96. The van der Waals surface area contributed by atoms with Crippen molar-refractivity contribution >= 4 is 17.5 Å². The summed E-state index contributed by atoms with van der Waals surface area (Å²) in [4.78, 5) is 13.2. The molecule has 0 bridgehead atoms. The Balaban J connectivity index is 2.55. The molecule has 14 heavy (non-hydrogen) atoms. The van der Waals surface area contributed by atoms with Gasteiger partial charge < -0.3 is 5.73 Å². The average Bonchev–Trinajstić information content (AvgIpc) is 2.07. The number of piperidine rings is 1. The highest BCUT2D eigenvalue weighted by Crippen LogP contribution is 2.22. The van der Waals surface area contributed by atoms with Crippen molar-refractivity contribution < 1.29 is 4.79 Å². The first kappa shape index (κ1) is 11.5. The predicted octanol–water partition coefficient (Wildman–Crippen LogP) is 1.32. The Labute approximate surface area is 89.9 Å². The summed E-state index contributed by atoms with van der Waals surface area (Å²) in [6, 6.07) is 0.459. The minimum Gasteiger partial charge on any atom is -0.369 e. The van der Waals surface area contributed by atoms with Crippen molar-refractivity contribution in [1.82, 2.24) is 4.90 Å². The van der Waals surface area contributed by atoms with Gasteiger partial charge in [-0.2, -0.15) is 0 Å². The zero-order valence-corrected chi connectivity index (χ0v) is 9.26. The van der Waals surface area contributed by atoms with Gasteiger partial charge in [-0.15, -0.1) is 0 Å². The summed E-state index contributed by atoms with van der Waals surface area (Å²) in [6.45, 7) is 7.15. The Bertz CT molecular complexity index is 242. The van der Waals surface area contributed by atoms with Crippen LogP contribution in [0.4, 0.5) is 0 Å². The van der Waals surface area contributed by atoms with Crippen LogP contribution in [0.3, 0.4) is 0 Å². The molecule has 1 heterocycles. The zero-order chi connectivity index (χ0) is 10.7. The van der Waals surface area contributed by atoms with E-state index in [1.165, 1.54) is 0 Å². The van der Waals surface area contributed by atoms with Gasteiger partial charge in [-0.05, 0) is 19.8 Å². The molecule has 1 rings (SSSR count). The molecule has 0 aromatic carbocycles. The first-order valence-electron chi connectivity index (χ1n) is 4.87. The van der Waals surface area contributed by atoms with Crippen molar-refractivity contribution in [3.05, 3.63) is 11.6 Å². The molecule has 0 aromatic heterocycles. The van der Waals surface area contributed by atoms with Gasteiger partial charge in [0.2, 0.25) is 5.91 Å². The molecule has 0 aromatic rings. The molecule has 0 saturated carbocycles. The van der Waals surface area contributed by atoms with Gasteiger partial charge in [0.15, 0.2) is 0 Å². The Morgan fingerprint density at radius 1 is 1.64 bits per heavy atom. The maximum atomic E-state index is 11.0. The lowest BCUT2D eigenvalue weighted by atomic mass is 9.93. The topological polar surface area (TPSA) is 46.3 Å². The van der Waals surface area contributed by atoms with Crippen LogP contribution >= 0.6 is 11.6 Å². The van der Waals surface area contributed by atoms with Crippen molar-refractivity contribution in [3.8, 4) is 0 Å². The number of hydrogen-bond acceptors (Lipinski definition) is 2. The molecule has 0 aliphatic carbocycles. The van der Waals surface area contributed by atoms with Crippen molar-refractivity contribution in [2.75, 3.05) is 13.1 Å². The number of primary amides is 1. The number of nitrogens with two attached hydrogens (primary N) is 1. The minimum atomic E-state index is -0.206. The highest BCUT2D eigenvalue weighted by molar-refractivity contribution is 6.29. The summed E-state index contributed by atoms with van der Waals surface area (Å²) in [5, 5.41) is 0.613. The maximum Gasteiger partial charge on any atom is 0.221 e. The Hall–Kier alpha value is -0.540. The van der Waals surface area contributed by atoms with Gasteiger partial charge in [0, 0.05) is 24.2 Å². The van der Waals surface area contributed by atoms with Crippen LogP contribution in [0, 0.1) is 5.92 Å². The van der Waals surface area contributed by atoms with Crippen LogP contribution in [0.15, 0.2) is 11.6 Å². The number of rotatable bonds is 3. The van der Waals surface area contributed by atoms with Crippen molar-refractivity contribution in [2.24, 2.45) is 11.7 Å². The van der Waals surface area contributed by atoms with E-state index in [4.69, 9.17) is 17.3 Å². The van der Waals surface area contributed by atoms with Crippen molar-refractivity contribution in [1.29, 1.82) is 0 Å². The van der Waals surface area contributed by atoms with Gasteiger partial charge in [0.1, 0.15) is 0 Å². The molecule has 1 aliphatic rings. The molecule has 1 fully saturated rings. The molecule has 80 valence electrons. The Morgan fingerprint density at radius 2 is 2.29 bits per heavy atom. The van der Waals surface area contributed by atoms with E-state index < -0.39 is 0 Å². The van der Waals surface area contributed by atoms with E-state index in [-0.39, 0.29) is 11.8 Å². The lowest BCUT2D eigenvalue weighted by molar-refractivity contribution is -0.123. The summed E-state index contributed by atoms with van der Waals surface area (Å²) >= 11 is 5.75. The first-order chi connectivity index (χ1) is 6.50. The number of likely N-dealkylation sites (tertiary alicyclic amines) is 1. The summed E-state index contributed by atoms with van der Waals surface area (Å²) in [5.74, 6) is -0.232. The maximum absolute atomic E-state index is 11.0. The summed E-state index contributed by atoms with van der Waals surface area (Å²) in [6.07, 6.45) is 1.89. The Morgan fingerprint density at radius 3 is 2.79 bits per heavy atom. The molecule has 1 aliphatic heterocycles. The number of amides is 1. The standard InChI is InChI=1S/C10H17ClN2O/c1-7(11)5-13-6-9(10(12)14)4-3-8(13)2/h8-9H,1,3-6H2,2H3,(H2,12,14)/t8-,9+/m0/s1. The van der Waals surface area contributed by atoms with Crippen molar-refractivity contribution in [3.63, 3.8) is 0 Å². The number of hydrogen-bond donors (Lipinski definition) is 1. The molecular weight excluding hydrogens is 200 g/mol. The molecular formula is C10H17ClN2O. The molecule has 4 heteroatoms. The van der Waals surface area contributed by atoms with Gasteiger partial charge in [0.25, 0.3) is 0 Å². The van der Waals surface area contributed by atoms with E-state index >= 15 is 0 Å². The smallest absolute Gasteiger partial charge is 0.221 e. The third kappa shape index (κ3) is 3.00. The van der Waals surface area contributed by atoms with E-state index in [0.29, 0.717) is 24.2 Å². The quantitative estimate of drug-likeness (QED) is 0.774. The molecule has 2 atom stereocenters. The number of nitrogens with zero attached hydrogens (tertiary/aromatic N) is 1. The first-order valence-corrected chi connectivity index (χ1v) is 5.25. The van der Waals surface area contributed by atoms with Gasteiger partial charge in [-0.1, -0.05) is 18.2 Å². The number of halogens is 1. The molecule has 1 saturated heterocycles. The molecule has 3 nitrogen and oxygen atoms in total. The van der Waals surface area contributed by atoms with Gasteiger partial charge in [-0.3, -0.25) is 9.69 Å². The van der Waals surface area contributed by atoms with Crippen LogP contribution in [0.2, 0.25) is 0 Å². The fourth-order valence-electron chi connectivity index (χ4n) is 1.85. The van der Waals surface area contributed by atoms with Gasteiger partial charge in [-0.25, -0.2) is 0 Å². The summed E-state index contributed by atoms with van der Waals surface area (Å²) in [7, 11) is 0. The predicted molar refractivity (Wildman–Crippen MR) is 57.9 cm³/mol. The number of carbonyl (C=O) groups excluding carboxylic acids is 1. The molecule has 0 unspecified atom stereocenters. The van der Waals surface area contributed by atoms with E-state index in [1.807, 2.05) is 0 Å². The monoisotopic (exact) mass is 216 g/mol. The van der Waals surface area contributed by atoms with Gasteiger partial charge >= 0.3 is 0 Å². The highest BCUT2D eigenvalue weighted by atomic mass is 35.5. The largest absolute Gasteiger partial charge is 0.369 e.